The molecule has 0 radical (unpaired) electrons. The lowest BCUT2D eigenvalue weighted by atomic mass is 10.2. The number of ether oxygens (including phenoxy) is 1. The quantitative estimate of drug-likeness (QED) is 0.635. The van der Waals surface area contributed by atoms with Crippen LogP contribution in [0.5, 0.6) is 0 Å². The summed E-state index contributed by atoms with van der Waals surface area (Å²) in [5.41, 5.74) is 0. The van der Waals surface area contributed by atoms with Crippen molar-refractivity contribution in [2.75, 3.05) is 33.4 Å². The minimum atomic E-state index is 0.591. The molecule has 0 aromatic carbocycles. The van der Waals surface area contributed by atoms with Crippen molar-refractivity contribution in [2.45, 2.75) is 46.2 Å². The van der Waals surface area contributed by atoms with Crippen molar-refractivity contribution in [1.82, 2.24) is 10.2 Å². The van der Waals surface area contributed by atoms with Gasteiger partial charge in [-0.2, -0.15) is 0 Å². The van der Waals surface area contributed by atoms with E-state index in [0.717, 1.165) is 26.2 Å². The van der Waals surface area contributed by atoms with Crippen LogP contribution in [0.2, 0.25) is 0 Å². The summed E-state index contributed by atoms with van der Waals surface area (Å²) in [5.74, 6) is 0. The first-order valence-electron chi connectivity index (χ1n) is 6.12. The topological polar surface area (TPSA) is 24.5 Å². The van der Waals surface area contributed by atoms with Gasteiger partial charge < -0.3 is 10.1 Å². The van der Waals surface area contributed by atoms with Gasteiger partial charge in [0.1, 0.15) is 0 Å². The van der Waals surface area contributed by atoms with E-state index in [9.17, 15) is 0 Å². The van der Waals surface area contributed by atoms with Gasteiger partial charge in [0, 0.05) is 32.3 Å². The molecule has 3 nitrogen and oxygen atoms in total. The van der Waals surface area contributed by atoms with Crippen molar-refractivity contribution in [3.8, 4) is 0 Å². The zero-order valence-electron chi connectivity index (χ0n) is 11.0. The molecule has 0 bridgehead atoms. The van der Waals surface area contributed by atoms with Crippen LogP contribution in [-0.2, 0) is 4.74 Å². The molecular weight excluding hydrogens is 188 g/mol. The van der Waals surface area contributed by atoms with E-state index in [-0.39, 0.29) is 0 Å². The van der Waals surface area contributed by atoms with Crippen LogP contribution >= 0.6 is 0 Å². The lowest BCUT2D eigenvalue weighted by molar-refractivity contribution is 0.121. The number of hydrogen-bond acceptors (Lipinski definition) is 3. The molecule has 1 unspecified atom stereocenters. The van der Waals surface area contributed by atoms with Crippen LogP contribution in [0.25, 0.3) is 0 Å². The van der Waals surface area contributed by atoms with E-state index < -0.39 is 0 Å². The maximum absolute atomic E-state index is 5.14. The molecule has 0 fully saturated rings. The summed E-state index contributed by atoms with van der Waals surface area (Å²) in [6.07, 6.45) is 1.18. The predicted octanol–water partition coefficient (Wildman–Crippen LogP) is 1.73. The second-order valence-corrected chi connectivity index (χ2v) is 4.24. The molecule has 0 spiro atoms. The zero-order valence-corrected chi connectivity index (χ0v) is 11.0. The first kappa shape index (κ1) is 14.9. The summed E-state index contributed by atoms with van der Waals surface area (Å²) in [5, 5.41) is 3.51. The SMILES string of the molecule is CCNC(CC)CN(CCOC)C(C)C. The van der Waals surface area contributed by atoms with Crippen molar-refractivity contribution in [2.24, 2.45) is 0 Å². The minimum absolute atomic E-state index is 0.591. The summed E-state index contributed by atoms with van der Waals surface area (Å²) in [4.78, 5) is 2.47. The van der Waals surface area contributed by atoms with E-state index in [4.69, 9.17) is 4.74 Å². The third-order valence-corrected chi connectivity index (χ3v) is 2.75. The van der Waals surface area contributed by atoms with Gasteiger partial charge in [-0.3, -0.25) is 4.90 Å². The Morgan fingerprint density at radius 2 is 1.93 bits per heavy atom. The normalized spacial score (nSPS) is 13.8. The summed E-state index contributed by atoms with van der Waals surface area (Å²) in [7, 11) is 1.76. The van der Waals surface area contributed by atoms with Gasteiger partial charge in [-0.25, -0.2) is 0 Å². The summed E-state index contributed by atoms with van der Waals surface area (Å²) >= 11 is 0. The van der Waals surface area contributed by atoms with Crippen LogP contribution in [0.1, 0.15) is 34.1 Å². The van der Waals surface area contributed by atoms with Crippen molar-refractivity contribution < 1.29 is 4.74 Å². The average Bonchev–Trinajstić information content (AvgIpc) is 2.22. The van der Waals surface area contributed by atoms with E-state index in [1.54, 1.807) is 7.11 Å². The molecule has 0 saturated carbocycles. The summed E-state index contributed by atoms with van der Waals surface area (Å²) in [6.45, 7) is 12.9. The zero-order chi connectivity index (χ0) is 11.7. The Kier molecular flexibility index (Phi) is 9.06. The van der Waals surface area contributed by atoms with E-state index in [2.05, 4.69) is 37.9 Å². The van der Waals surface area contributed by atoms with Gasteiger partial charge in [0.2, 0.25) is 0 Å². The highest BCUT2D eigenvalue weighted by atomic mass is 16.5. The number of hydrogen-bond donors (Lipinski definition) is 1. The van der Waals surface area contributed by atoms with Crippen LogP contribution < -0.4 is 5.32 Å². The van der Waals surface area contributed by atoms with E-state index in [0.29, 0.717) is 12.1 Å². The summed E-state index contributed by atoms with van der Waals surface area (Å²) in [6, 6.07) is 1.20. The molecule has 0 aromatic rings. The fourth-order valence-corrected chi connectivity index (χ4v) is 1.68. The highest BCUT2D eigenvalue weighted by molar-refractivity contribution is 4.72. The third-order valence-electron chi connectivity index (χ3n) is 2.75. The van der Waals surface area contributed by atoms with Crippen LogP contribution in [0.15, 0.2) is 0 Å². The van der Waals surface area contributed by atoms with Crippen LogP contribution in [0, 0.1) is 0 Å². The van der Waals surface area contributed by atoms with Gasteiger partial charge >= 0.3 is 0 Å². The molecule has 0 aliphatic rings. The first-order chi connectivity index (χ1) is 7.15. The number of nitrogens with one attached hydrogen (secondary N) is 1. The highest BCUT2D eigenvalue weighted by Crippen LogP contribution is 2.02. The van der Waals surface area contributed by atoms with Crippen molar-refractivity contribution >= 4 is 0 Å². The monoisotopic (exact) mass is 216 g/mol. The number of likely N-dealkylation sites (N-methyl/N-ethyl adjacent to an activating group) is 1. The van der Waals surface area contributed by atoms with Crippen molar-refractivity contribution in [3.63, 3.8) is 0 Å². The largest absolute Gasteiger partial charge is 0.383 e. The average molecular weight is 216 g/mol. The van der Waals surface area contributed by atoms with Crippen molar-refractivity contribution in [1.29, 1.82) is 0 Å². The lowest BCUT2D eigenvalue weighted by Gasteiger charge is -2.30. The maximum atomic E-state index is 5.14. The Bertz CT molecular complexity index is 140. The molecule has 1 N–H and O–H groups in total. The van der Waals surface area contributed by atoms with Gasteiger partial charge in [-0.05, 0) is 26.8 Å². The van der Waals surface area contributed by atoms with Gasteiger partial charge in [-0.15, -0.1) is 0 Å². The molecule has 0 heterocycles. The lowest BCUT2D eigenvalue weighted by Crippen LogP contribution is -2.44. The third kappa shape index (κ3) is 6.88. The maximum Gasteiger partial charge on any atom is 0.0589 e. The molecule has 0 aliphatic heterocycles. The van der Waals surface area contributed by atoms with Crippen LogP contribution in [0.3, 0.4) is 0 Å². The molecule has 3 heteroatoms. The van der Waals surface area contributed by atoms with Gasteiger partial charge in [0.25, 0.3) is 0 Å². The first-order valence-corrected chi connectivity index (χ1v) is 6.12. The Labute approximate surface area is 95.2 Å². The molecule has 1 atom stereocenters. The Morgan fingerprint density at radius 1 is 1.27 bits per heavy atom. The second kappa shape index (κ2) is 9.13. The Morgan fingerprint density at radius 3 is 2.33 bits per heavy atom. The molecule has 0 amide bonds. The molecule has 0 aliphatic carbocycles. The Balaban J connectivity index is 4.00. The molecule has 15 heavy (non-hydrogen) atoms. The Hall–Kier alpha value is -0.120. The fourth-order valence-electron chi connectivity index (χ4n) is 1.68. The standard InChI is InChI=1S/C12H28N2O/c1-6-12(13-7-2)10-14(11(3)4)8-9-15-5/h11-13H,6-10H2,1-5H3. The van der Waals surface area contributed by atoms with E-state index in [1.165, 1.54) is 6.42 Å². The molecular formula is C12H28N2O. The fraction of sp³-hybridized carbons (Fsp3) is 1.00. The van der Waals surface area contributed by atoms with Crippen LogP contribution in [-0.4, -0.2) is 50.3 Å². The second-order valence-electron chi connectivity index (χ2n) is 4.24. The molecule has 0 aromatic heterocycles. The number of methoxy groups -OCH3 is 1. The molecule has 0 saturated heterocycles. The van der Waals surface area contributed by atoms with E-state index >= 15 is 0 Å². The minimum Gasteiger partial charge on any atom is -0.383 e. The van der Waals surface area contributed by atoms with E-state index in [1.807, 2.05) is 0 Å². The smallest absolute Gasteiger partial charge is 0.0589 e. The predicted molar refractivity (Wildman–Crippen MR) is 66.3 cm³/mol. The van der Waals surface area contributed by atoms with Gasteiger partial charge in [0.15, 0.2) is 0 Å². The molecule has 0 rings (SSSR count). The number of rotatable bonds is 9. The number of nitrogens with zero attached hydrogens (tertiary/aromatic N) is 1. The molecule has 92 valence electrons. The van der Waals surface area contributed by atoms with Crippen LogP contribution in [0.4, 0.5) is 0 Å². The van der Waals surface area contributed by atoms with Gasteiger partial charge in [0.05, 0.1) is 6.61 Å². The van der Waals surface area contributed by atoms with Gasteiger partial charge in [-0.1, -0.05) is 13.8 Å². The summed E-state index contributed by atoms with van der Waals surface area (Å²) < 4.78 is 5.14. The highest BCUT2D eigenvalue weighted by Gasteiger charge is 2.14. The van der Waals surface area contributed by atoms with Crippen molar-refractivity contribution in [3.05, 3.63) is 0 Å².